The minimum atomic E-state index is -0.500. The van der Waals surface area contributed by atoms with Crippen LogP contribution in [0.2, 0.25) is 0 Å². The van der Waals surface area contributed by atoms with Crippen molar-refractivity contribution in [3.05, 3.63) is 53.7 Å². The molecule has 1 amide bonds. The van der Waals surface area contributed by atoms with Crippen LogP contribution in [0, 0.1) is 0 Å². The van der Waals surface area contributed by atoms with E-state index < -0.39 is 5.91 Å². The number of anilines is 2. The minimum absolute atomic E-state index is 0.301. The number of rotatable bonds is 5. The molecule has 2 aromatic rings. The third-order valence-electron chi connectivity index (χ3n) is 3.60. The fraction of sp³-hybridized carbons (Fsp3) is 0.250. The highest BCUT2D eigenvalue weighted by Crippen LogP contribution is 2.32. The van der Waals surface area contributed by atoms with Crippen LogP contribution in [-0.2, 0) is 6.54 Å². The van der Waals surface area contributed by atoms with Crippen LogP contribution in [0.1, 0.15) is 28.9 Å². The number of pyridine rings is 1. The number of hydrogen-bond donors (Lipinski definition) is 2. The molecule has 1 aromatic heterocycles. The molecule has 5 heteroatoms. The Labute approximate surface area is 123 Å². The van der Waals surface area contributed by atoms with Gasteiger partial charge in [0.25, 0.3) is 5.91 Å². The van der Waals surface area contributed by atoms with Gasteiger partial charge in [-0.25, -0.2) is 4.98 Å². The molecule has 1 fully saturated rings. The number of aromatic nitrogens is 1. The van der Waals surface area contributed by atoms with Gasteiger partial charge in [-0.2, -0.15) is 0 Å². The standard InChI is InChI=1S/C16H18N4O/c17-12-6-4-11(5-7-12)10-20(13-8-9-13)15-3-1-2-14(19-15)16(18)21/h1-7,13H,8-10,17H2,(H2,18,21). The summed E-state index contributed by atoms with van der Waals surface area (Å²) in [7, 11) is 0. The maximum absolute atomic E-state index is 11.3. The largest absolute Gasteiger partial charge is 0.399 e. The summed E-state index contributed by atoms with van der Waals surface area (Å²) in [5.74, 6) is 0.297. The first-order valence-corrected chi connectivity index (χ1v) is 7.01. The van der Waals surface area contributed by atoms with Crippen molar-refractivity contribution in [2.45, 2.75) is 25.4 Å². The van der Waals surface area contributed by atoms with Crippen molar-refractivity contribution in [3.63, 3.8) is 0 Å². The van der Waals surface area contributed by atoms with Gasteiger partial charge in [0.05, 0.1) is 0 Å². The highest BCUT2D eigenvalue weighted by Gasteiger charge is 2.30. The SMILES string of the molecule is NC(=O)c1cccc(N(Cc2ccc(N)cc2)C2CC2)n1. The number of nitrogens with zero attached hydrogens (tertiary/aromatic N) is 2. The number of hydrogen-bond acceptors (Lipinski definition) is 4. The zero-order valence-electron chi connectivity index (χ0n) is 11.7. The van der Waals surface area contributed by atoms with Crippen molar-refractivity contribution in [1.29, 1.82) is 0 Å². The Balaban J connectivity index is 1.86. The molecule has 108 valence electrons. The van der Waals surface area contributed by atoms with Crippen LogP contribution in [0.3, 0.4) is 0 Å². The zero-order chi connectivity index (χ0) is 14.8. The van der Waals surface area contributed by atoms with Gasteiger partial charge in [0.1, 0.15) is 11.5 Å². The molecule has 1 aromatic carbocycles. The fourth-order valence-corrected chi connectivity index (χ4v) is 2.32. The summed E-state index contributed by atoms with van der Waals surface area (Å²) in [6.07, 6.45) is 2.30. The van der Waals surface area contributed by atoms with E-state index in [1.54, 1.807) is 6.07 Å². The first kappa shape index (κ1) is 13.4. The monoisotopic (exact) mass is 282 g/mol. The van der Waals surface area contributed by atoms with Gasteiger partial charge in [-0.1, -0.05) is 18.2 Å². The van der Waals surface area contributed by atoms with Crippen molar-refractivity contribution < 1.29 is 4.79 Å². The Morgan fingerprint density at radius 1 is 1.19 bits per heavy atom. The lowest BCUT2D eigenvalue weighted by molar-refractivity contribution is 0.0995. The molecule has 5 nitrogen and oxygen atoms in total. The maximum atomic E-state index is 11.3. The number of benzene rings is 1. The Morgan fingerprint density at radius 3 is 2.52 bits per heavy atom. The van der Waals surface area contributed by atoms with Gasteiger partial charge >= 0.3 is 0 Å². The summed E-state index contributed by atoms with van der Waals surface area (Å²) in [5, 5.41) is 0. The van der Waals surface area contributed by atoms with E-state index in [1.807, 2.05) is 36.4 Å². The van der Waals surface area contributed by atoms with E-state index in [1.165, 1.54) is 5.56 Å². The van der Waals surface area contributed by atoms with Crippen molar-refractivity contribution in [2.75, 3.05) is 10.6 Å². The second-order valence-corrected chi connectivity index (χ2v) is 5.35. The van der Waals surface area contributed by atoms with Crippen LogP contribution >= 0.6 is 0 Å². The van der Waals surface area contributed by atoms with E-state index in [9.17, 15) is 4.79 Å². The van der Waals surface area contributed by atoms with Crippen LogP contribution in [0.25, 0.3) is 0 Å². The van der Waals surface area contributed by atoms with Crippen LogP contribution in [0.5, 0.6) is 0 Å². The lowest BCUT2D eigenvalue weighted by Gasteiger charge is -2.24. The maximum Gasteiger partial charge on any atom is 0.267 e. The molecule has 1 saturated carbocycles. The van der Waals surface area contributed by atoms with Crippen LogP contribution in [0.4, 0.5) is 11.5 Å². The normalized spacial score (nSPS) is 13.9. The van der Waals surface area contributed by atoms with Crippen LogP contribution in [-0.4, -0.2) is 16.9 Å². The van der Waals surface area contributed by atoms with Gasteiger partial charge in [0.15, 0.2) is 0 Å². The van der Waals surface area contributed by atoms with Crippen molar-refractivity contribution >= 4 is 17.4 Å². The Kier molecular flexibility index (Phi) is 3.48. The second-order valence-electron chi connectivity index (χ2n) is 5.35. The quantitative estimate of drug-likeness (QED) is 0.821. The molecule has 1 heterocycles. The smallest absolute Gasteiger partial charge is 0.267 e. The number of carbonyl (C=O) groups excluding carboxylic acids is 1. The first-order chi connectivity index (χ1) is 10.1. The molecule has 1 aliphatic rings. The Morgan fingerprint density at radius 2 is 1.90 bits per heavy atom. The summed E-state index contributed by atoms with van der Waals surface area (Å²) in [6.45, 7) is 0.750. The van der Waals surface area contributed by atoms with Crippen molar-refractivity contribution in [1.82, 2.24) is 4.98 Å². The van der Waals surface area contributed by atoms with E-state index in [-0.39, 0.29) is 0 Å². The van der Waals surface area contributed by atoms with Crippen LogP contribution < -0.4 is 16.4 Å². The van der Waals surface area contributed by atoms with Gasteiger partial charge in [0, 0.05) is 18.3 Å². The average molecular weight is 282 g/mol. The molecule has 3 rings (SSSR count). The average Bonchev–Trinajstić information content (AvgIpc) is 3.31. The molecule has 0 unspecified atom stereocenters. The lowest BCUT2D eigenvalue weighted by Crippen LogP contribution is -2.27. The van der Waals surface area contributed by atoms with Gasteiger partial charge in [-0.3, -0.25) is 4.79 Å². The molecule has 0 saturated heterocycles. The molecule has 0 aliphatic heterocycles. The van der Waals surface area contributed by atoms with E-state index in [4.69, 9.17) is 11.5 Å². The first-order valence-electron chi connectivity index (χ1n) is 7.01. The van der Waals surface area contributed by atoms with E-state index in [2.05, 4.69) is 9.88 Å². The predicted molar refractivity (Wildman–Crippen MR) is 82.8 cm³/mol. The zero-order valence-corrected chi connectivity index (χ0v) is 11.7. The summed E-state index contributed by atoms with van der Waals surface area (Å²) >= 11 is 0. The van der Waals surface area contributed by atoms with E-state index in [0.717, 1.165) is 30.9 Å². The van der Waals surface area contributed by atoms with Crippen molar-refractivity contribution in [3.8, 4) is 0 Å². The lowest BCUT2D eigenvalue weighted by atomic mass is 10.2. The summed E-state index contributed by atoms with van der Waals surface area (Å²) in [4.78, 5) is 17.9. The highest BCUT2D eigenvalue weighted by atomic mass is 16.1. The summed E-state index contributed by atoms with van der Waals surface area (Å²) < 4.78 is 0. The molecule has 1 aliphatic carbocycles. The molecule has 0 atom stereocenters. The predicted octanol–water partition coefficient (Wildman–Crippen LogP) is 1.93. The van der Waals surface area contributed by atoms with Gasteiger partial charge in [-0.05, 0) is 42.7 Å². The number of amides is 1. The molecule has 0 bridgehead atoms. The third kappa shape index (κ3) is 3.13. The second kappa shape index (κ2) is 5.44. The van der Waals surface area contributed by atoms with Gasteiger partial charge in [-0.15, -0.1) is 0 Å². The van der Waals surface area contributed by atoms with Gasteiger partial charge in [0.2, 0.25) is 0 Å². The molecule has 21 heavy (non-hydrogen) atoms. The molecule has 0 radical (unpaired) electrons. The van der Waals surface area contributed by atoms with Gasteiger partial charge < -0.3 is 16.4 Å². The summed E-state index contributed by atoms with van der Waals surface area (Å²) in [5.41, 5.74) is 13.3. The Hall–Kier alpha value is -2.56. The molecule has 0 spiro atoms. The summed E-state index contributed by atoms with van der Waals surface area (Å²) in [6, 6.07) is 13.7. The van der Waals surface area contributed by atoms with E-state index >= 15 is 0 Å². The van der Waals surface area contributed by atoms with Crippen molar-refractivity contribution in [2.24, 2.45) is 5.73 Å². The van der Waals surface area contributed by atoms with E-state index in [0.29, 0.717) is 11.7 Å². The van der Waals surface area contributed by atoms with Crippen LogP contribution in [0.15, 0.2) is 42.5 Å². The molecular weight excluding hydrogens is 264 g/mol. The third-order valence-corrected chi connectivity index (χ3v) is 3.60. The number of nitrogens with two attached hydrogens (primary N) is 2. The number of nitrogen functional groups attached to an aromatic ring is 1. The number of carbonyl (C=O) groups is 1. The highest BCUT2D eigenvalue weighted by molar-refractivity contribution is 5.91. The Bertz CT molecular complexity index is 650. The molecular formula is C16H18N4O. The molecule has 4 N–H and O–H groups in total. The minimum Gasteiger partial charge on any atom is -0.399 e. The number of primary amides is 1. The topological polar surface area (TPSA) is 85.2 Å². The fourth-order valence-electron chi connectivity index (χ4n) is 2.32.